The second-order valence-electron chi connectivity index (χ2n) is 14.0. The van der Waals surface area contributed by atoms with Crippen molar-refractivity contribution in [3.63, 3.8) is 0 Å². The van der Waals surface area contributed by atoms with E-state index in [1.165, 1.54) is 73.7 Å². The first-order valence-corrected chi connectivity index (χ1v) is 19.8. The summed E-state index contributed by atoms with van der Waals surface area (Å²) in [7, 11) is 0. The van der Waals surface area contributed by atoms with Crippen molar-refractivity contribution < 1.29 is 0 Å². The van der Waals surface area contributed by atoms with Gasteiger partial charge in [-0.1, -0.05) is 146 Å². The van der Waals surface area contributed by atoms with Crippen molar-refractivity contribution in [2.45, 2.75) is 12.3 Å². The van der Waals surface area contributed by atoms with E-state index in [9.17, 15) is 0 Å². The lowest BCUT2D eigenvalue weighted by atomic mass is 9.82. The highest BCUT2D eigenvalue weighted by atomic mass is 32.1. The number of hydrogen-bond acceptors (Lipinski definition) is 5. The number of rotatable bonds is 4. The summed E-state index contributed by atoms with van der Waals surface area (Å²) in [6, 6.07) is 56.4. The third kappa shape index (κ3) is 4.97. The van der Waals surface area contributed by atoms with E-state index in [1.54, 1.807) is 0 Å². The molecule has 0 saturated heterocycles. The predicted molar refractivity (Wildman–Crippen MR) is 228 cm³/mol. The van der Waals surface area contributed by atoms with Gasteiger partial charge in [0.15, 0.2) is 17.5 Å². The van der Waals surface area contributed by atoms with Gasteiger partial charge in [0.2, 0.25) is 0 Å². The summed E-state index contributed by atoms with van der Waals surface area (Å²) in [5, 5.41) is 5.03. The molecule has 3 nitrogen and oxygen atoms in total. The fourth-order valence-electron chi connectivity index (χ4n) is 8.37. The molecule has 10 aromatic rings. The molecule has 0 aliphatic heterocycles. The fraction of sp³-hybridized carbons (Fsp3) is 0.0408. The smallest absolute Gasteiger partial charge is 0.165 e. The molecule has 1 aliphatic rings. The Hall–Kier alpha value is -6.27. The molecule has 0 fully saturated rings. The van der Waals surface area contributed by atoms with E-state index < -0.39 is 0 Å². The average Bonchev–Trinajstić information content (AvgIpc) is 3.76. The second kappa shape index (κ2) is 12.4. The van der Waals surface area contributed by atoms with Crippen molar-refractivity contribution >= 4 is 63.0 Å². The van der Waals surface area contributed by atoms with Crippen LogP contribution in [0.3, 0.4) is 0 Å². The van der Waals surface area contributed by atoms with E-state index in [0.29, 0.717) is 17.5 Å². The van der Waals surface area contributed by atoms with Crippen LogP contribution < -0.4 is 0 Å². The Morgan fingerprint density at radius 3 is 2.06 bits per heavy atom. The van der Waals surface area contributed by atoms with Crippen LogP contribution in [0, 0.1) is 0 Å². The molecule has 3 aromatic heterocycles. The molecule has 1 atom stereocenters. The molecule has 0 amide bonds. The van der Waals surface area contributed by atoms with Gasteiger partial charge in [0.05, 0.1) is 0 Å². The Morgan fingerprint density at radius 1 is 0.500 bits per heavy atom. The van der Waals surface area contributed by atoms with Gasteiger partial charge in [-0.2, -0.15) is 0 Å². The van der Waals surface area contributed by atoms with Gasteiger partial charge >= 0.3 is 0 Å². The molecule has 5 heteroatoms. The van der Waals surface area contributed by atoms with Crippen LogP contribution in [-0.2, 0) is 6.42 Å². The fourth-order valence-corrected chi connectivity index (χ4v) is 10.7. The maximum absolute atomic E-state index is 5.26. The van der Waals surface area contributed by atoms with Gasteiger partial charge in [0.25, 0.3) is 0 Å². The van der Waals surface area contributed by atoms with Gasteiger partial charge in [0, 0.05) is 63.0 Å². The minimum atomic E-state index is 0.0916. The Morgan fingerprint density at radius 2 is 1.19 bits per heavy atom. The van der Waals surface area contributed by atoms with Crippen LogP contribution in [0.15, 0.2) is 170 Å². The van der Waals surface area contributed by atoms with E-state index in [0.717, 1.165) is 23.1 Å². The van der Waals surface area contributed by atoms with Crippen LogP contribution in [0.2, 0.25) is 0 Å². The van der Waals surface area contributed by atoms with Gasteiger partial charge in [-0.3, -0.25) is 0 Å². The van der Waals surface area contributed by atoms with Crippen molar-refractivity contribution in [2.24, 2.45) is 0 Å². The summed E-state index contributed by atoms with van der Waals surface area (Å²) >= 11 is 3.63. The standard InChI is InChI=1S/C49H31N3S2/c1-29-27-32-17-8-9-18-34(32)44-37(43(29)30-13-4-2-5-14-30)25-26-41-45(44)38-20-12-21-39(46(38)54-41)49-51-47(31-15-6-3-7-16-31)50-48(52-49)33-23-24-36-35-19-10-11-22-40(35)53-42(36)28-33/h2-26,28,43H,1,27H2. The number of thiophene rings is 2. The summed E-state index contributed by atoms with van der Waals surface area (Å²) in [6.45, 7) is 4.69. The molecule has 254 valence electrons. The largest absolute Gasteiger partial charge is 0.208 e. The predicted octanol–water partition coefficient (Wildman–Crippen LogP) is 13.5. The zero-order valence-corrected chi connectivity index (χ0v) is 30.8. The number of allylic oxidation sites excluding steroid dienone is 1. The highest BCUT2D eigenvalue weighted by molar-refractivity contribution is 7.26. The van der Waals surface area contributed by atoms with Gasteiger partial charge in [-0.05, 0) is 58.5 Å². The molecule has 3 heterocycles. The van der Waals surface area contributed by atoms with Crippen LogP contribution in [0.4, 0.5) is 0 Å². The van der Waals surface area contributed by atoms with E-state index >= 15 is 0 Å². The van der Waals surface area contributed by atoms with Crippen molar-refractivity contribution in [3.05, 3.63) is 187 Å². The van der Waals surface area contributed by atoms with Crippen molar-refractivity contribution in [2.75, 3.05) is 0 Å². The third-order valence-corrected chi connectivity index (χ3v) is 13.1. The first-order valence-electron chi connectivity index (χ1n) is 18.2. The summed E-state index contributed by atoms with van der Waals surface area (Å²) in [4.78, 5) is 15.5. The van der Waals surface area contributed by atoms with Crippen molar-refractivity contribution in [3.8, 4) is 45.3 Å². The molecule has 0 N–H and O–H groups in total. The lowest BCUT2D eigenvalue weighted by molar-refractivity contribution is 0.918. The summed E-state index contributed by atoms with van der Waals surface area (Å²) in [5.74, 6) is 2.10. The van der Waals surface area contributed by atoms with Gasteiger partial charge in [0.1, 0.15) is 0 Å². The van der Waals surface area contributed by atoms with Crippen molar-refractivity contribution in [1.29, 1.82) is 0 Å². The molecule has 1 unspecified atom stereocenters. The second-order valence-corrected chi connectivity index (χ2v) is 16.1. The monoisotopic (exact) mass is 725 g/mol. The molecule has 0 radical (unpaired) electrons. The van der Waals surface area contributed by atoms with Crippen LogP contribution in [0.5, 0.6) is 0 Å². The van der Waals surface area contributed by atoms with Crippen LogP contribution >= 0.6 is 22.7 Å². The van der Waals surface area contributed by atoms with E-state index in [1.807, 2.05) is 40.9 Å². The van der Waals surface area contributed by atoms with Crippen LogP contribution in [0.25, 0.3) is 85.6 Å². The highest BCUT2D eigenvalue weighted by Gasteiger charge is 2.29. The third-order valence-electron chi connectivity index (χ3n) is 10.8. The van der Waals surface area contributed by atoms with Gasteiger partial charge in [-0.25, -0.2) is 15.0 Å². The molecule has 11 rings (SSSR count). The van der Waals surface area contributed by atoms with Crippen LogP contribution in [0.1, 0.15) is 22.6 Å². The van der Waals surface area contributed by atoms with E-state index in [4.69, 9.17) is 15.0 Å². The normalized spacial score (nSPS) is 14.1. The maximum Gasteiger partial charge on any atom is 0.165 e. The maximum atomic E-state index is 5.26. The molecular weight excluding hydrogens is 695 g/mol. The number of hydrogen-bond donors (Lipinski definition) is 0. The summed E-state index contributed by atoms with van der Waals surface area (Å²) in [5.41, 5.74) is 10.6. The average molecular weight is 726 g/mol. The highest BCUT2D eigenvalue weighted by Crippen LogP contribution is 2.51. The zero-order chi connectivity index (χ0) is 35.8. The first-order chi connectivity index (χ1) is 26.7. The molecule has 54 heavy (non-hydrogen) atoms. The molecular formula is C49H31N3S2. The van der Waals surface area contributed by atoms with Gasteiger partial charge in [-0.15, -0.1) is 22.7 Å². The Labute approximate surface area is 320 Å². The quantitative estimate of drug-likeness (QED) is 0.170. The first kappa shape index (κ1) is 31.3. The topological polar surface area (TPSA) is 38.7 Å². The molecule has 0 saturated carbocycles. The van der Waals surface area contributed by atoms with Crippen molar-refractivity contribution in [1.82, 2.24) is 15.0 Å². The lowest BCUT2D eigenvalue weighted by Gasteiger charge is -2.21. The Bertz CT molecular complexity index is 3100. The lowest BCUT2D eigenvalue weighted by Crippen LogP contribution is -2.05. The Kier molecular flexibility index (Phi) is 7.19. The van der Waals surface area contributed by atoms with Gasteiger partial charge < -0.3 is 0 Å². The van der Waals surface area contributed by atoms with E-state index in [-0.39, 0.29) is 5.92 Å². The minimum Gasteiger partial charge on any atom is -0.208 e. The minimum absolute atomic E-state index is 0.0916. The number of fused-ring (bicyclic) bond motifs is 10. The Balaban J connectivity index is 1.15. The molecule has 7 aromatic carbocycles. The molecule has 0 spiro atoms. The van der Waals surface area contributed by atoms with E-state index in [2.05, 4.69) is 146 Å². The molecule has 0 bridgehead atoms. The SMILES string of the molecule is C=C1Cc2ccccc2-c2c(ccc3sc4c(-c5nc(-c6ccccc6)nc(-c6ccc7c(c6)sc6ccccc67)n5)cccc4c23)C1c1ccccc1. The number of nitrogens with zero attached hydrogens (tertiary/aromatic N) is 3. The van der Waals surface area contributed by atoms with Crippen LogP contribution in [-0.4, -0.2) is 15.0 Å². The summed E-state index contributed by atoms with van der Waals surface area (Å²) < 4.78 is 4.93. The zero-order valence-electron chi connectivity index (χ0n) is 29.2. The number of aromatic nitrogens is 3. The summed E-state index contributed by atoms with van der Waals surface area (Å²) in [6.07, 6.45) is 0.836. The molecule has 1 aliphatic carbocycles. The number of benzene rings is 7.